The van der Waals surface area contributed by atoms with E-state index < -0.39 is 54.8 Å². The van der Waals surface area contributed by atoms with E-state index in [-0.39, 0.29) is 34.7 Å². The molecule has 2 aromatic heterocycles. The first-order valence-electron chi connectivity index (χ1n) is 12.4. The van der Waals surface area contributed by atoms with Gasteiger partial charge in [0.15, 0.2) is 0 Å². The Morgan fingerprint density at radius 1 is 1.10 bits per heavy atom. The Morgan fingerprint density at radius 3 is 2.50 bits per heavy atom. The predicted molar refractivity (Wildman–Crippen MR) is 138 cm³/mol. The SMILES string of the molecule is N#Cc1ccnc(N2C(=O)CC(c3ncc(C#N)cc3N[C@H](C(=O)NC3CC(F)(F)C3)c3ccccc3)[C@H]2O)c1. The van der Waals surface area contributed by atoms with E-state index in [0.717, 1.165) is 4.90 Å². The highest BCUT2D eigenvalue weighted by molar-refractivity contribution is 5.96. The molecule has 3 heterocycles. The van der Waals surface area contributed by atoms with Crippen LogP contribution in [-0.4, -0.2) is 45.1 Å². The van der Waals surface area contributed by atoms with Gasteiger partial charge >= 0.3 is 0 Å². The van der Waals surface area contributed by atoms with Crippen LogP contribution in [0.3, 0.4) is 0 Å². The van der Waals surface area contributed by atoms with Gasteiger partial charge in [0, 0.05) is 37.7 Å². The van der Waals surface area contributed by atoms with Crippen LogP contribution in [0.15, 0.2) is 60.9 Å². The molecule has 1 aliphatic heterocycles. The van der Waals surface area contributed by atoms with Gasteiger partial charge in [0.05, 0.1) is 34.5 Å². The van der Waals surface area contributed by atoms with Gasteiger partial charge in [0.2, 0.25) is 11.8 Å². The molecule has 1 unspecified atom stereocenters. The number of aliphatic hydroxyl groups excluding tert-OH is 1. The number of amides is 2. The summed E-state index contributed by atoms with van der Waals surface area (Å²) in [5.74, 6) is -4.60. The number of nitrogens with zero attached hydrogens (tertiary/aromatic N) is 5. The third-order valence-corrected chi connectivity index (χ3v) is 6.94. The average Bonchev–Trinajstić information content (AvgIpc) is 3.24. The first kappa shape index (κ1) is 26.7. The van der Waals surface area contributed by atoms with Gasteiger partial charge < -0.3 is 15.7 Å². The van der Waals surface area contributed by atoms with Gasteiger partial charge in [0.1, 0.15) is 24.2 Å². The molecule has 5 rings (SSSR count). The third-order valence-electron chi connectivity index (χ3n) is 6.94. The molecule has 1 aromatic carbocycles. The fourth-order valence-electron chi connectivity index (χ4n) is 4.94. The van der Waals surface area contributed by atoms with Crippen LogP contribution in [0.4, 0.5) is 20.3 Å². The van der Waals surface area contributed by atoms with E-state index in [4.69, 9.17) is 0 Å². The van der Waals surface area contributed by atoms with Crippen LogP contribution in [0.25, 0.3) is 0 Å². The van der Waals surface area contributed by atoms with Crippen molar-refractivity contribution in [2.75, 3.05) is 10.2 Å². The highest BCUT2D eigenvalue weighted by Gasteiger charge is 2.47. The first-order valence-corrected chi connectivity index (χ1v) is 12.4. The van der Waals surface area contributed by atoms with E-state index in [1.165, 1.54) is 30.6 Å². The molecule has 3 N–H and O–H groups in total. The molecule has 202 valence electrons. The van der Waals surface area contributed by atoms with Crippen molar-refractivity contribution < 1.29 is 23.5 Å². The van der Waals surface area contributed by atoms with Crippen LogP contribution < -0.4 is 15.5 Å². The normalized spacial score (nSPS) is 20.6. The van der Waals surface area contributed by atoms with Gasteiger partial charge in [-0.3, -0.25) is 19.5 Å². The summed E-state index contributed by atoms with van der Waals surface area (Å²) in [7, 11) is 0. The predicted octanol–water partition coefficient (Wildman–Crippen LogP) is 3.13. The zero-order chi connectivity index (χ0) is 28.4. The summed E-state index contributed by atoms with van der Waals surface area (Å²) < 4.78 is 26.8. The zero-order valence-electron chi connectivity index (χ0n) is 21.0. The summed E-state index contributed by atoms with van der Waals surface area (Å²) in [4.78, 5) is 35.9. The topological polar surface area (TPSA) is 155 Å². The van der Waals surface area contributed by atoms with Crippen molar-refractivity contribution in [1.82, 2.24) is 15.3 Å². The van der Waals surface area contributed by atoms with Crippen LogP contribution in [0.5, 0.6) is 0 Å². The molecule has 1 aliphatic carbocycles. The van der Waals surface area contributed by atoms with Gasteiger partial charge in [0.25, 0.3) is 5.92 Å². The van der Waals surface area contributed by atoms with E-state index in [0.29, 0.717) is 5.56 Å². The summed E-state index contributed by atoms with van der Waals surface area (Å²) in [5, 5.41) is 35.7. The fraction of sp³-hybridized carbons (Fsp3) is 0.286. The van der Waals surface area contributed by atoms with Crippen molar-refractivity contribution in [1.29, 1.82) is 10.5 Å². The molecule has 1 saturated carbocycles. The highest BCUT2D eigenvalue weighted by Crippen LogP contribution is 2.40. The Balaban J connectivity index is 1.47. The zero-order valence-corrected chi connectivity index (χ0v) is 21.0. The number of hydrogen-bond donors (Lipinski definition) is 3. The molecule has 0 bridgehead atoms. The number of carbonyl (C=O) groups is 2. The van der Waals surface area contributed by atoms with Crippen LogP contribution in [0.2, 0.25) is 0 Å². The van der Waals surface area contributed by atoms with Crippen LogP contribution in [-0.2, 0) is 9.59 Å². The Labute approximate surface area is 227 Å². The highest BCUT2D eigenvalue weighted by atomic mass is 19.3. The number of aliphatic hydroxyl groups is 1. The molecule has 10 nitrogen and oxygen atoms in total. The number of hydrogen-bond acceptors (Lipinski definition) is 8. The monoisotopic (exact) mass is 543 g/mol. The lowest BCUT2D eigenvalue weighted by Gasteiger charge is -2.36. The minimum Gasteiger partial charge on any atom is -0.372 e. The number of halogens is 2. The first-order chi connectivity index (χ1) is 19.2. The lowest BCUT2D eigenvalue weighted by atomic mass is 9.88. The molecular formula is C28H23F2N7O3. The summed E-state index contributed by atoms with van der Waals surface area (Å²) in [6, 6.07) is 15.1. The third kappa shape index (κ3) is 5.30. The van der Waals surface area contributed by atoms with Gasteiger partial charge in [-0.2, -0.15) is 10.5 Å². The summed E-state index contributed by atoms with van der Waals surface area (Å²) in [6.07, 6.45) is 0.176. The number of nitriles is 2. The Hall–Kier alpha value is -4.94. The Bertz CT molecular complexity index is 1530. The van der Waals surface area contributed by atoms with E-state index in [1.54, 1.807) is 30.3 Å². The van der Waals surface area contributed by atoms with E-state index in [2.05, 4.69) is 20.6 Å². The number of aromatic nitrogens is 2. The number of carbonyl (C=O) groups excluding carboxylic acids is 2. The van der Waals surface area contributed by atoms with Crippen molar-refractivity contribution in [3.05, 3.63) is 83.3 Å². The number of pyridine rings is 2. The second kappa shape index (κ2) is 10.7. The maximum absolute atomic E-state index is 13.4. The molecule has 12 heteroatoms. The molecular weight excluding hydrogens is 520 g/mol. The van der Waals surface area contributed by atoms with Gasteiger partial charge in [-0.15, -0.1) is 0 Å². The minimum atomic E-state index is -2.82. The smallest absolute Gasteiger partial charge is 0.252 e. The van der Waals surface area contributed by atoms with E-state index in [1.807, 2.05) is 12.1 Å². The molecule has 0 spiro atoms. The van der Waals surface area contributed by atoms with Gasteiger partial charge in [-0.05, 0) is 23.8 Å². The lowest BCUT2D eigenvalue weighted by Crippen LogP contribution is -2.52. The molecule has 40 heavy (non-hydrogen) atoms. The number of benzene rings is 1. The Kier molecular flexibility index (Phi) is 7.11. The summed E-state index contributed by atoms with van der Waals surface area (Å²) >= 11 is 0. The molecule has 2 amide bonds. The number of rotatable bonds is 7. The average molecular weight is 544 g/mol. The van der Waals surface area contributed by atoms with Crippen LogP contribution in [0.1, 0.15) is 53.6 Å². The molecule has 1 saturated heterocycles. The molecule has 3 aromatic rings. The maximum Gasteiger partial charge on any atom is 0.252 e. The second-order valence-corrected chi connectivity index (χ2v) is 9.73. The lowest BCUT2D eigenvalue weighted by molar-refractivity contribution is -0.130. The standard InChI is InChI=1S/C28H23F2N7O3/c29-28(30)11-19(12-28)35-26(39)24(18-4-2-1-3-5-18)36-21-8-17(14-32)15-34-25(21)20-10-23(38)37(27(20)40)22-9-16(13-31)6-7-33-22/h1-9,15,19-20,24,27,36,40H,10-12H2,(H,35,39)/t20?,24-,27+/m0/s1. The number of nitrogens with one attached hydrogen (secondary N) is 2. The number of anilines is 2. The molecule has 2 fully saturated rings. The minimum absolute atomic E-state index is 0.0982. The quantitative estimate of drug-likeness (QED) is 0.411. The van der Waals surface area contributed by atoms with E-state index in [9.17, 15) is 34.0 Å². The molecule has 3 atom stereocenters. The fourth-order valence-corrected chi connectivity index (χ4v) is 4.94. The van der Waals surface area contributed by atoms with Crippen LogP contribution >= 0.6 is 0 Å². The molecule has 0 radical (unpaired) electrons. The van der Waals surface area contributed by atoms with Crippen molar-refractivity contribution in [2.45, 2.75) is 49.4 Å². The summed E-state index contributed by atoms with van der Waals surface area (Å²) in [6.45, 7) is 0. The van der Waals surface area contributed by atoms with Crippen LogP contribution in [0, 0.1) is 22.7 Å². The van der Waals surface area contributed by atoms with Crippen molar-refractivity contribution in [2.24, 2.45) is 0 Å². The van der Waals surface area contributed by atoms with Crippen molar-refractivity contribution in [3.63, 3.8) is 0 Å². The van der Waals surface area contributed by atoms with Crippen molar-refractivity contribution >= 4 is 23.3 Å². The second-order valence-electron chi connectivity index (χ2n) is 9.73. The van der Waals surface area contributed by atoms with E-state index >= 15 is 0 Å². The maximum atomic E-state index is 13.4. The van der Waals surface area contributed by atoms with Crippen molar-refractivity contribution in [3.8, 4) is 12.1 Å². The van der Waals surface area contributed by atoms with Gasteiger partial charge in [-0.1, -0.05) is 30.3 Å². The largest absolute Gasteiger partial charge is 0.372 e. The number of alkyl halides is 2. The molecule has 2 aliphatic rings. The Morgan fingerprint density at radius 2 is 1.82 bits per heavy atom. The van der Waals surface area contributed by atoms with Gasteiger partial charge in [-0.25, -0.2) is 13.8 Å². The summed E-state index contributed by atoms with van der Waals surface area (Å²) in [5.41, 5.74) is 1.40.